The molecular weight excluding hydrogens is 394 g/mol. The van der Waals surface area contributed by atoms with Crippen LogP contribution in [-0.4, -0.2) is 29.2 Å². The number of hydrogen-bond donors (Lipinski definition) is 1. The molecular formula is C24H23N3O2S. The maximum Gasteiger partial charge on any atom is 0.244 e. The third kappa shape index (κ3) is 2.95. The lowest BCUT2D eigenvalue weighted by Gasteiger charge is -2.35. The van der Waals surface area contributed by atoms with E-state index >= 15 is 0 Å². The van der Waals surface area contributed by atoms with Crippen LogP contribution in [0.1, 0.15) is 34.0 Å². The maximum absolute atomic E-state index is 13.8. The van der Waals surface area contributed by atoms with Crippen LogP contribution in [0.3, 0.4) is 0 Å². The Labute approximate surface area is 176 Å². The van der Waals surface area contributed by atoms with Gasteiger partial charge in [-0.25, -0.2) is 8.42 Å². The summed E-state index contributed by atoms with van der Waals surface area (Å²) in [5, 5.41) is 1.16. The zero-order chi connectivity index (χ0) is 20.9. The van der Waals surface area contributed by atoms with Crippen molar-refractivity contribution < 1.29 is 8.42 Å². The number of aryl methyl sites for hydroxylation is 2. The fourth-order valence-corrected chi connectivity index (χ4v) is 6.03. The Morgan fingerprint density at radius 1 is 1.03 bits per heavy atom. The first-order valence-electron chi connectivity index (χ1n) is 10.1. The van der Waals surface area contributed by atoms with E-state index in [1.165, 1.54) is 5.56 Å². The summed E-state index contributed by atoms with van der Waals surface area (Å²) in [5.74, 6) is 0. The lowest BCUT2D eigenvalue weighted by molar-refractivity contribution is 0.340. The van der Waals surface area contributed by atoms with Crippen molar-refractivity contribution in [2.24, 2.45) is 0 Å². The van der Waals surface area contributed by atoms with Crippen LogP contribution in [0, 0.1) is 13.8 Å². The molecule has 0 radical (unpaired) electrons. The summed E-state index contributed by atoms with van der Waals surface area (Å²) in [6.45, 7) is 4.35. The summed E-state index contributed by atoms with van der Waals surface area (Å²) >= 11 is 0. The molecule has 4 aromatic rings. The van der Waals surface area contributed by atoms with Crippen LogP contribution in [0.15, 0.2) is 71.9 Å². The van der Waals surface area contributed by atoms with Gasteiger partial charge in [-0.3, -0.25) is 4.98 Å². The van der Waals surface area contributed by atoms with Gasteiger partial charge in [0.25, 0.3) is 0 Å². The normalized spacial score (nSPS) is 17.2. The molecule has 6 heteroatoms. The Morgan fingerprint density at radius 2 is 1.87 bits per heavy atom. The third-order valence-electron chi connectivity index (χ3n) is 6.08. The number of nitrogens with one attached hydrogen (secondary N) is 1. The molecule has 0 saturated heterocycles. The van der Waals surface area contributed by atoms with Crippen LogP contribution >= 0.6 is 0 Å². The lowest BCUT2D eigenvalue weighted by atomic mass is 9.95. The fraction of sp³-hybridized carbons (Fsp3) is 0.208. The number of H-pyrrole nitrogens is 1. The molecule has 1 N–H and O–H groups in total. The molecule has 152 valence electrons. The van der Waals surface area contributed by atoms with E-state index in [-0.39, 0.29) is 0 Å². The van der Waals surface area contributed by atoms with Crippen molar-refractivity contribution >= 4 is 20.9 Å². The predicted octanol–water partition coefficient (Wildman–Crippen LogP) is 4.52. The van der Waals surface area contributed by atoms with Crippen molar-refractivity contribution in [2.45, 2.75) is 31.2 Å². The maximum atomic E-state index is 13.8. The van der Waals surface area contributed by atoms with E-state index in [0.717, 1.165) is 33.3 Å². The van der Waals surface area contributed by atoms with Crippen molar-refractivity contribution in [3.8, 4) is 0 Å². The Morgan fingerprint density at radius 3 is 2.63 bits per heavy atom. The zero-order valence-electron chi connectivity index (χ0n) is 17.0. The molecule has 0 fully saturated rings. The molecule has 0 bridgehead atoms. The highest BCUT2D eigenvalue weighted by molar-refractivity contribution is 7.89. The molecule has 0 aliphatic carbocycles. The molecule has 3 heterocycles. The molecule has 5 rings (SSSR count). The molecule has 30 heavy (non-hydrogen) atoms. The van der Waals surface area contributed by atoms with E-state index in [1.807, 2.05) is 50.2 Å². The van der Waals surface area contributed by atoms with Gasteiger partial charge in [-0.2, -0.15) is 4.31 Å². The van der Waals surface area contributed by atoms with Crippen LogP contribution in [0.4, 0.5) is 0 Å². The van der Waals surface area contributed by atoms with Crippen molar-refractivity contribution in [3.05, 3.63) is 94.9 Å². The van der Waals surface area contributed by atoms with E-state index in [2.05, 4.69) is 16.0 Å². The second kappa shape index (κ2) is 7.07. The molecule has 1 aliphatic heterocycles. The van der Waals surface area contributed by atoms with Gasteiger partial charge in [-0.15, -0.1) is 0 Å². The van der Waals surface area contributed by atoms with Gasteiger partial charge in [-0.05, 0) is 66.8 Å². The number of aromatic amines is 1. The van der Waals surface area contributed by atoms with Crippen LogP contribution in [0.5, 0.6) is 0 Å². The molecule has 0 amide bonds. The van der Waals surface area contributed by atoms with Gasteiger partial charge >= 0.3 is 0 Å². The Kier molecular flexibility index (Phi) is 4.49. The predicted molar refractivity (Wildman–Crippen MR) is 118 cm³/mol. The van der Waals surface area contributed by atoms with E-state index in [1.54, 1.807) is 28.8 Å². The Hall–Kier alpha value is -2.96. The first kappa shape index (κ1) is 19.0. The fourth-order valence-electron chi connectivity index (χ4n) is 4.36. The second-order valence-electron chi connectivity index (χ2n) is 7.86. The standard InChI is InChI=1S/C24H23N3O2S/c1-16-9-10-19(14-17(16)2)30(28,29)27-13-11-21-20-7-3-4-8-22(20)26-23(21)24(27)18-6-5-12-25-15-18/h3-10,12,14-15,24,26H,11,13H2,1-2H3. The Balaban J connectivity index is 1.71. The van der Waals surface area contributed by atoms with Gasteiger partial charge in [0.15, 0.2) is 0 Å². The van der Waals surface area contributed by atoms with Gasteiger partial charge in [0.05, 0.1) is 10.9 Å². The molecule has 1 unspecified atom stereocenters. The molecule has 1 atom stereocenters. The average Bonchev–Trinajstić information content (AvgIpc) is 3.14. The summed E-state index contributed by atoms with van der Waals surface area (Å²) < 4.78 is 29.1. The van der Waals surface area contributed by atoms with Gasteiger partial charge in [0.1, 0.15) is 0 Å². The van der Waals surface area contributed by atoms with Crippen molar-refractivity contribution in [1.29, 1.82) is 0 Å². The molecule has 0 spiro atoms. The topological polar surface area (TPSA) is 66.1 Å². The quantitative estimate of drug-likeness (QED) is 0.533. The van der Waals surface area contributed by atoms with Crippen LogP contribution < -0.4 is 0 Å². The lowest BCUT2D eigenvalue weighted by Crippen LogP contribution is -2.40. The highest BCUT2D eigenvalue weighted by atomic mass is 32.2. The minimum atomic E-state index is -3.69. The SMILES string of the molecule is Cc1ccc(S(=O)(=O)N2CCc3c([nH]c4ccccc34)C2c2cccnc2)cc1C. The number of nitrogens with zero attached hydrogens (tertiary/aromatic N) is 2. The molecule has 1 aliphatic rings. The number of aromatic nitrogens is 2. The smallest absolute Gasteiger partial charge is 0.244 e. The number of para-hydroxylation sites is 1. The highest BCUT2D eigenvalue weighted by Crippen LogP contribution is 2.40. The Bertz CT molecular complexity index is 1340. The van der Waals surface area contributed by atoms with Crippen LogP contribution in [-0.2, 0) is 16.4 Å². The van der Waals surface area contributed by atoms with E-state index in [9.17, 15) is 8.42 Å². The number of benzene rings is 2. The largest absolute Gasteiger partial charge is 0.357 e. The van der Waals surface area contributed by atoms with Crippen molar-refractivity contribution in [1.82, 2.24) is 14.3 Å². The monoisotopic (exact) mass is 417 g/mol. The van der Waals surface area contributed by atoms with Gasteiger partial charge in [0, 0.05) is 35.5 Å². The average molecular weight is 418 g/mol. The summed E-state index contributed by atoms with van der Waals surface area (Å²) in [7, 11) is -3.69. The highest BCUT2D eigenvalue weighted by Gasteiger charge is 2.39. The van der Waals surface area contributed by atoms with Crippen LogP contribution in [0.25, 0.3) is 10.9 Å². The molecule has 0 saturated carbocycles. The van der Waals surface area contributed by atoms with Gasteiger partial charge in [-0.1, -0.05) is 30.3 Å². The first-order valence-corrected chi connectivity index (χ1v) is 11.5. The molecule has 5 nitrogen and oxygen atoms in total. The summed E-state index contributed by atoms with van der Waals surface area (Å²) in [4.78, 5) is 8.10. The zero-order valence-corrected chi connectivity index (χ0v) is 17.8. The van der Waals surface area contributed by atoms with E-state index < -0.39 is 16.1 Å². The number of rotatable bonds is 3. The van der Waals surface area contributed by atoms with Gasteiger partial charge in [0.2, 0.25) is 10.0 Å². The number of hydrogen-bond acceptors (Lipinski definition) is 3. The number of pyridine rings is 1. The van der Waals surface area contributed by atoms with Crippen molar-refractivity contribution in [2.75, 3.05) is 6.54 Å². The van der Waals surface area contributed by atoms with Crippen molar-refractivity contribution in [3.63, 3.8) is 0 Å². The summed E-state index contributed by atoms with van der Waals surface area (Å²) in [6, 6.07) is 16.9. The first-order chi connectivity index (χ1) is 14.5. The minimum absolute atomic E-state index is 0.332. The third-order valence-corrected chi connectivity index (χ3v) is 7.94. The number of fused-ring (bicyclic) bond motifs is 3. The second-order valence-corrected chi connectivity index (χ2v) is 9.75. The summed E-state index contributed by atoms with van der Waals surface area (Å²) in [6.07, 6.45) is 4.13. The molecule has 2 aromatic heterocycles. The molecule has 2 aromatic carbocycles. The van der Waals surface area contributed by atoms with Gasteiger partial charge < -0.3 is 4.98 Å². The van der Waals surface area contributed by atoms with Crippen LogP contribution in [0.2, 0.25) is 0 Å². The number of sulfonamides is 1. The van der Waals surface area contributed by atoms with E-state index in [0.29, 0.717) is 17.9 Å². The van der Waals surface area contributed by atoms with E-state index in [4.69, 9.17) is 0 Å². The minimum Gasteiger partial charge on any atom is -0.357 e. The summed E-state index contributed by atoms with van der Waals surface area (Å²) in [5.41, 5.74) is 6.06.